The van der Waals surface area contributed by atoms with Gasteiger partial charge in [-0.25, -0.2) is 14.0 Å². The maximum atomic E-state index is 14.0. The highest BCUT2D eigenvalue weighted by Crippen LogP contribution is 2.30. The first-order chi connectivity index (χ1) is 9.43. The summed E-state index contributed by atoms with van der Waals surface area (Å²) in [4.78, 5) is 23.4. The van der Waals surface area contributed by atoms with E-state index in [4.69, 9.17) is 4.74 Å². The molecule has 0 spiro atoms. The summed E-state index contributed by atoms with van der Waals surface area (Å²) < 4.78 is 19.3. The van der Waals surface area contributed by atoms with Crippen molar-refractivity contribution < 1.29 is 18.7 Å². The lowest BCUT2D eigenvalue weighted by atomic mass is 9.95. The van der Waals surface area contributed by atoms with Gasteiger partial charge >= 0.3 is 12.0 Å². The maximum absolute atomic E-state index is 14.0. The van der Waals surface area contributed by atoms with Crippen LogP contribution in [0.5, 0.6) is 0 Å². The van der Waals surface area contributed by atoms with Crippen molar-refractivity contribution in [2.24, 2.45) is 0 Å². The molecular formula is C13H12BrFN2O3. The Morgan fingerprint density at radius 3 is 2.80 bits per heavy atom. The van der Waals surface area contributed by atoms with E-state index in [1.165, 1.54) is 25.3 Å². The smallest absolute Gasteiger partial charge is 0.337 e. The van der Waals surface area contributed by atoms with Crippen molar-refractivity contribution in [2.75, 3.05) is 7.11 Å². The summed E-state index contributed by atoms with van der Waals surface area (Å²) in [7, 11) is 1.23. The zero-order valence-electron chi connectivity index (χ0n) is 10.8. The van der Waals surface area contributed by atoms with Crippen LogP contribution in [0.25, 0.3) is 0 Å². The predicted molar refractivity (Wildman–Crippen MR) is 73.2 cm³/mol. The van der Waals surface area contributed by atoms with Crippen LogP contribution in [0.2, 0.25) is 0 Å². The van der Waals surface area contributed by atoms with E-state index in [2.05, 4.69) is 26.6 Å². The number of carbonyl (C=O) groups excluding carboxylic acids is 2. The molecule has 1 aliphatic rings. The van der Waals surface area contributed by atoms with Crippen LogP contribution in [0.15, 0.2) is 33.9 Å². The molecule has 0 aromatic heterocycles. The molecule has 0 unspecified atom stereocenters. The molecule has 7 heteroatoms. The lowest BCUT2D eigenvalue weighted by Crippen LogP contribution is -2.45. The highest BCUT2D eigenvalue weighted by atomic mass is 79.9. The largest absolute Gasteiger partial charge is 0.466 e. The van der Waals surface area contributed by atoms with Gasteiger partial charge in [0.2, 0.25) is 0 Å². The van der Waals surface area contributed by atoms with E-state index in [9.17, 15) is 14.0 Å². The number of carbonyl (C=O) groups is 2. The van der Waals surface area contributed by atoms with Gasteiger partial charge in [-0.3, -0.25) is 0 Å². The quantitative estimate of drug-likeness (QED) is 0.811. The molecule has 0 aliphatic carbocycles. The van der Waals surface area contributed by atoms with Crippen molar-refractivity contribution in [1.82, 2.24) is 10.6 Å². The molecule has 1 aromatic carbocycles. The Hall–Kier alpha value is -1.89. The standard InChI is InChI=1S/C13H12BrFN2O3/c1-6-10(12(18)20-2)11(17-13(19)16-6)8-5-7(14)3-4-9(8)15/h3-5,11H,1-2H3,(H2,16,17,19)/t11-/m0/s1. The summed E-state index contributed by atoms with van der Waals surface area (Å²) in [6.07, 6.45) is 0. The van der Waals surface area contributed by atoms with Gasteiger partial charge in [-0.15, -0.1) is 0 Å². The van der Waals surface area contributed by atoms with E-state index in [1.807, 2.05) is 0 Å². The third-order valence-electron chi connectivity index (χ3n) is 2.94. The molecule has 106 valence electrons. The second-order valence-corrected chi connectivity index (χ2v) is 5.14. The van der Waals surface area contributed by atoms with E-state index >= 15 is 0 Å². The minimum atomic E-state index is -0.895. The fourth-order valence-corrected chi connectivity index (χ4v) is 2.42. The highest BCUT2D eigenvalue weighted by Gasteiger charge is 2.33. The Morgan fingerprint density at radius 2 is 2.15 bits per heavy atom. The molecule has 0 radical (unpaired) electrons. The van der Waals surface area contributed by atoms with Gasteiger partial charge in [0, 0.05) is 15.7 Å². The average molecular weight is 343 g/mol. The minimum Gasteiger partial charge on any atom is -0.466 e. The molecular weight excluding hydrogens is 331 g/mol. The molecule has 0 saturated carbocycles. The molecule has 2 amide bonds. The zero-order chi connectivity index (χ0) is 14.9. The van der Waals surface area contributed by atoms with E-state index in [-0.39, 0.29) is 11.1 Å². The summed E-state index contributed by atoms with van der Waals surface area (Å²) in [6.45, 7) is 1.56. The molecule has 0 bridgehead atoms. The van der Waals surface area contributed by atoms with E-state index in [1.54, 1.807) is 6.92 Å². The first kappa shape index (κ1) is 14.5. The summed E-state index contributed by atoms with van der Waals surface area (Å²) in [5.41, 5.74) is 0.697. The number of amides is 2. The van der Waals surface area contributed by atoms with Gasteiger partial charge in [-0.1, -0.05) is 15.9 Å². The molecule has 0 saturated heterocycles. The van der Waals surface area contributed by atoms with Crippen LogP contribution in [-0.2, 0) is 9.53 Å². The van der Waals surface area contributed by atoms with E-state index < -0.39 is 23.9 Å². The molecule has 2 rings (SSSR count). The van der Waals surface area contributed by atoms with Crippen molar-refractivity contribution in [3.63, 3.8) is 0 Å². The third kappa shape index (κ3) is 2.67. The fraction of sp³-hybridized carbons (Fsp3) is 0.231. The summed E-state index contributed by atoms with van der Waals surface area (Å²) in [5, 5.41) is 5.00. The predicted octanol–water partition coefficient (Wildman–Crippen LogP) is 2.39. The van der Waals surface area contributed by atoms with Gasteiger partial charge in [0.15, 0.2) is 0 Å². The molecule has 2 N–H and O–H groups in total. The normalized spacial score (nSPS) is 18.4. The number of hydrogen-bond donors (Lipinski definition) is 2. The van der Waals surface area contributed by atoms with E-state index in [0.717, 1.165) is 0 Å². The maximum Gasteiger partial charge on any atom is 0.337 e. The number of ether oxygens (including phenoxy) is 1. The van der Waals surface area contributed by atoms with Crippen molar-refractivity contribution in [3.05, 3.63) is 45.3 Å². The van der Waals surface area contributed by atoms with Crippen molar-refractivity contribution in [1.29, 1.82) is 0 Å². The molecule has 1 heterocycles. The average Bonchev–Trinajstić information content (AvgIpc) is 2.40. The number of allylic oxidation sites excluding steroid dienone is 1. The topological polar surface area (TPSA) is 67.4 Å². The Balaban J connectivity index is 2.56. The number of benzene rings is 1. The lowest BCUT2D eigenvalue weighted by molar-refractivity contribution is -0.136. The molecule has 1 aromatic rings. The molecule has 1 atom stereocenters. The Kier molecular flexibility index (Phi) is 4.08. The SMILES string of the molecule is COC(=O)C1=C(C)NC(=O)N[C@H]1c1cc(Br)ccc1F. The van der Waals surface area contributed by atoms with Crippen LogP contribution in [0.1, 0.15) is 18.5 Å². The fourth-order valence-electron chi connectivity index (χ4n) is 2.04. The monoisotopic (exact) mass is 342 g/mol. The number of rotatable bonds is 2. The number of urea groups is 1. The van der Waals surface area contributed by atoms with Crippen LogP contribution in [0, 0.1) is 5.82 Å². The van der Waals surface area contributed by atoms with Gasteiger partial charge in [0.1, 0.15) is 5.82 Å². The number of esters is 1. The number of halogens is 2. The van der Waals surface area contributed by atoms with Crippen LogP contribution >= 0.6 is 15.9 Å². The summed E-state index contributed by atoms with van der Waals surface area (Å²) in [5.74, 6) is -1.14. The molecule has 1 aliphatic heterocycles. The molecule has 0 fully saturated rings. The van der Waals surface area contributed by atoms with Gasteiger partial charge in [-0.2, -0.15) is 0 Å². The van der Waals surface area contributed by atoms with Gasteiger partial charge in [0.05, 0.1) is 18.7 Å². The Bertz CT molecular complexity index is 616. The third-order valence-corrected chi connectivity index (χ3v) is 3.44. The first-order valence-electron chi connectivity index (χ1n) is 5.75. The van der Waals surface area contributed by atoms with Gasteiger partial charge < -0.3 is 15.4 Å². The van der Waals surface area contributed by atoms with Crippen molar-refractivity contribution in [2.45, 2.75) is 13.0 Å². The molecule has 20 heavy (non-hydrogen) atoms. The second kappa shape index (κ2) is 5.62. The van der Waals surface area contributed by atoms with Crippen LogP contribution < -0.4 is 10.6 Å². The van der Waals surface area contributed by atoms with Crippen molar-refractivity contribution in [3.8, 4) is 0 Å². The minimum absolute atomic E-state index is 0.170. The Morgan fingerprint density at radius 1 is 1.45 bits per heavy atom. The van der Waals surface area contributed by atoms with Crippen LogP contribution in [0.4, 0.5) is 9.18 Å². The molecule has 5 nitrogen and oxygen atoms in total. The van der Waals surface area contributed by atoms with Gasteiger partial charge in [-0.05, 0) is 25.1 Å². The highest BCUT2D eigenvalue weighted by molar-refractivity contribution is 9.10. The lowest BCUT2D eigenvalue weighted by Gasteiger charge is -2.28. The first-order valence-corrected chi connectivity index (χ1v) is 6.55. The van der Waals surface area contributed by atoms with E-state index in [0.29, 0.717) is 10.2 Å². The Labute approximate surface area is 123 Å². The number of methoxy groups -OCH3 is 1. The second-order valence-electron chi connectivity index (χ2n) is 4.23. The van der Waals surface area contributed by atoms with Crippen LogP contribution in [-0.4, -0.2) is 19.1 Å². The summed E-state index contributed by atoms with van der Waals surface area (Å²) >= 11 is 3.24. The number of nitrogens with one attached hydrogen (secondary N) is 2. The summed E-state index contributed by atoms with van der Waals surface area (Å²) in [6, 6.07) is 2.92. The zero-order valence-corrected chi connectivity index (χ0v) is 12.4. The number of hydrogen-bond acceptors (Lipinski definition) is 3. The van der Waals surface area contributed by atoms with Gasteiger partial charge in [0.25, 0.3) is 0 Å². The van der Waals surface area contributed by atoms with Crippen molar-refractivity contribution >= 4 is 27.9 Å². The van der Waals surface area contributed by atoms with Crippen LogP contribution in [0.3, 0.4) is 0 Å².